The van der Waals surface area contributed by atoms with Gasteiger partial charge in [0.25, 0.3) is 0 Å². The molecule has 0 bridgehead atoms. The standard InChI is InChI=1S/C23H24N2O5/c26-21(24-14-9-10-14)12-11-20(22(27)28)25-23(29)30-13-19-17-7-3-1-5-15(17)16-6-2-4-8-18(16)19/h1-8,14,19-20H,9-13H2,(H,24,26)(H,25,29)(H,27,28). The summed E-state index contributed by atoms with van der Waals surface area (Å²) < 4.78 is 5.39. The summed E-state index contributed by atoms with van der Waals surface area (Å²) in [5, 5.41) is 14.5. The zero-order valence-electron chi connectivity index (χ0n) is 16.5. The number of carboxylic acids is 1. The molecule has 1 atom stereocenters. The number of carbonyl (C=O) groups excluding carboxylic acids is 2. The molecule has 2 aliphatic carbocycles. The quantitative estimate of drug-likeness (QED) is 0.623. The van der Waals surface area contributed by atoms with Gasteiger partial charge in [-0.15, -0.1) is 0 Å². The maximum absolute atomic E-state index is 12.3. The molecule has 4 rings (SSSR count). The van der Waals surface area contributed by atoms with Crippen molar-refractivity contribution in [2.75, 3.05) is 6.61 Å². The zero-order valence-corrected chi connectivity index (χ0v) is 16.5. The fourth-order valence-electron chi connectivity index (χ4n) is 3.84. The van der Waals surface area contributed by atoms with Crippen LogP contribution in [0.2, 0.25) is 0 Å². The lowest BCUT2D eigenvalue weighted by atomic mass is 9.98. The largest absolute Gasteiger partial charge is 0.480 e. The molecule has 0 aromatic heterocycles. The average molecular weight is 408 g/mol. The smallest absolute Gasteiger partial charge is 0.407 e. The van der Waals surface area contributed by atoms with Crippen LogP contribution in [0.1, 0.15) is 42.7 Å². The summed E-state index contributed by atoms with van der Waals surface area (Å²) in [5.41, 5.74) is 4.40. The molecular formula is C23H24N2O5. The molecule has 2 aromatic carbocycles. The summed E-state index contributed by atoms with van der Waals surface area (Å²) >= 11 is 0. The van der Waals surface area contributed by atoms with E-state index in [9.17, 15) is 19.5 Å². The lowest BCUT2D eigenvalue weighted by molar-refractivity contribution is -0.139. The van der Waals surface area contributed by atoms with E-state index in [0.717, 1.165) is 35.1 Å². The Bertz CT molecular complexity index is 924. The summed E-state index contributed by atoms with van der Waals surface area (Å²) in [6.45, 7) is 0.106. The van der Waals surface area contributed by atoms with E-state index in [-0.39, 0.29) is 37.3 Å². The Hall–Kier alpha value is -3.35. The highest BCUT2D eigenvalue weighted by Gasteiger charge is 2.30. The van der Waals surface area contributed by atoms with Gasteiger partial charge in [0.2, 0.25) is 5.91 Å². The summed E-state index contributed by atoms with van der Waals surface area (Å²) in [4.78, 5) is 35.5. The third-order valence-corrected chi connectivity index (χ3v) is 5.54. The van der Waals surface area contributed by atoms with Crippen LogP contribution in [-0.2, 0) is 14.3 Å². The van der Waals surface area contributed by atoms with Gasteiger partial charge in [0.05, 0.1) is 0 Å². The van der Waals surface area contributed by atoms with E-state index in [0.29, 0.717) is 0 Å². The molecule has 1 unspecified atom stereocenters. The Labute approximate surface area is 174 Å². The first kappa shape index (κ1) is 19.9. The predicted molar refractivity (Wildman–Crippen MR) is 110 cm³/mol. The number of benzene rings is 2. The molecule has 0 saturated heterocycles. The molecule has 1 saturated carbocycles. The molecule has 0 radical (unpaired) electrons. The van der Waals surface area contributed by atoms with Crippen molar-refractivity contribution in [2.24, 2.45) is 0 Å². The number of carboxylic acid groups (broad SMARTS) is 1. The second-order valence-corrected chi connectivity index (χ2v) is 7.74. The van der Waals surface area contributed by atoms with Gasteiger partial charge in [-0.1, -0.05) is 48.5 Å². The number of alkyl carbamates (subject to hydrolysis) is 1. The SMILES string of the molecule is O=C(CCC(NC(=O)OCC1c2ccccc2-c2ccccc21)C(=O)O)NC1CC1. The molecule has 7 nitrogen and oxygen atoms in total. The molecule has 156 valence electrons. The molecule has 1 fully saturated rings. The molecule has 2 amide bonds. The van der Waals surface area contributed by atoms with Crippen molar-refractivity contribution >= 4 is 18.0 Å². The summed E-state index contributed by atoms with van der Waals surface area (Å²) in [6, 6.07) is 15.0. The van der Waals surface area contributed by atoms with E-state index in [1.807, 2.05) is 48.5 Å². The topological polar surface area (TPSA) is 105 Å². The van der Waals surface area contributed by atoms with Crippen LogP contribution in [0.25, 0.3) is 11.1 Å². The highest BCUT2D eigenvalue weighted by Crippen LogP contribution is 2.44. The molecule has 0 spiro atoms. The number of fused-ring (bicyclic) bond motifs is 3. The van der Waals surface area contributed by atoms with Crippen molar-refractivity contribution in [1.82, 2.24) is 10.6 Å². The molecule has 3 N–H and O–H groups in total. The second kappa shape index (κ2) is 8.57. The molecule has 0 aliphatic heterocycles. The molecule has 2 aliphatic rings. The van der Waals surface area contributed by atoms with Gasteiger partial charge < -0.3 is 20.5 Å². The molecule has 2 aromatic rings. The number of ether oxygens (including phenoxy) is 1. The van der Waals surface area contributed by atoms with E-state index >= 15 is 0 Å². The Kier molecular flexibility index (Phi) is 5.70. The van der Waals surface area contributed by atoms with Crippen LogP contribution in [-0.4, -0.2) is 41.8 Å². The van der Waals surface area contributed by atoms with Crippen molar-refractivity contribution in [3.05, 3.63) is 59.7 Å². The summed E-state index contributed by atoms with van der Waals surface area (Å²) in [7, 11) is 0. The van der Waals surface area contributed by atoms with Crippen LogP contribution < -0.4 is 10.6 Å². The number of nitrogens with one attached hydrogen (secondary N) is 2. The Morgan fingerprint density at radius 2 is 1.60 bits per heavy atom. The van der Waals surface area contributed by atoms with E-state index in [2.05, 4.69) is 10.6 Å². The minimum atomic E-state index is -1.19. The Balaban J connectivity index is 1.34. The Morgan fingerprint density at radius 3 is 2.17 bits per heavy atom. The summed E-state index contributed by atoms with van der Waals surface area (Å²) in [5.74, 6) is -1.49. The zero-order chi connectivity index (χ0) is 21.1. The number of carbonyl (C=O) groups is 3. The van der Waals surface area contributed by atoms with Crippen LogP contribution in [0, 0.1) is 0 Å². The van der Waals surface area contributed by atoms with Crippen LogP contribution in [0.4, 0.5) is 4.79 Å². The van der Waals surface area contributed by atoms with Gasteiger partial charge in [0, 0.05) is 18.4 Å². The highest BCUT2D eigenvalue weighted by atomic mass is 16.5. The van der Waals surface area contributed by atoms with Crippen molar-refractivity contribution < 1.29 is 24.2 Å². The normalized spacial score (nSPS) is 15.6. The lowest BCUT2D eigenvalue weighted by Gasteiger charge is -2.17. The van der Waals surface area contributed by atoms with Crippen LogP contribution in [0.5, 0.6) is 0 Å². The lowest BCUT2D eigenvalue weighted by Crippen LogP contribution is -2.42. The first-order chi connectivity index (χ1) is 14.5. The van der Waals surface area contributed by atoms with E-state index in [1.54, 1.807) is 0 Å². The van der Waals surface area contributed by atoms with Gasteiger partial charge >= 0.3 is 12.1 Å². The van der Waals surface area contributed by atoms with Crippen molar-refractivity contribution in [2.45, 2.75) is 43.7 Å². The van der Waals surface area contributed by atoms with Crippen LogP contribution in [0.15, 0.2) is 48.5 Å². The third-order valence-electron chi connectivity index (χ3n) is 5.54. The van der Waals surface area contributed by atoms with Gasteiger partial charge in [-0.05, 0) is 41.5 Å². The van der Waals surface area contributed by atoms with E-state index in [1.165, 1.54) is 0 Å². The van der Waals surface area contributed by atoms with Crippen LogP contribution in [0.3, 0.4) is 0 Å². The number of amides is 2. The fraction of sp³-hybridized carbons (Fsp3) is 0.348. The number of aliphatic carboxylic acids is 1. The van der Waals surface area contributed by atoms with E-state index in [4.69, 9.17) is 4.74 Å². The molecule has 30 heavy (non-hydrogen) atoms. The number of rotatable bonds is 8. The second-order valence-electron chi connectivity index (χ2n) is 7.74. The van der Waals surface area contributed by atoms with Crippen molar-refractivity contribution in [3.63, 3.8) is 0 Å². The highest BCUT2D eigenvalue weighted by molar-refractivity contribution is 5.82. The molecule has 0 heterocycles. The number of hydrogen-bond donors (Lipinski definition) is 3. The van der Waals surface area contributed by atoms with Gasteiger partial charge in [0.15, 0.2) is 0 Å². The number of hydrogen-bond acceptors (Lipinski definition) is 4. The van der Waals surface area contributed by atoms with Gasteiger partial charge in [0.1, 0.15) is 12.6 Å². The average Bonchev–Trinajstić information content (AvgIpc) is 3.49. The van der Waals surface area contributed by atoms with Gasteiger partial charge in [-0.25, -0.2) is 9.59 Å². The maximum Gasteiger partial charge on any atom is 0.407 e. The first-order valence-corrected chi connectivity index (χ1v) is 10.2. The minimum Gasteiger partial charge on any atom is -0.480 e. The van der Waals surface area contributed by atoms with Crippen LogP contribution >= 0.6 is 0 Å². The van der Waals surface area contributed by atoms with Gasteiger partial charge in [-0.2, -0.15) is 0 Å². The van der Waals surface area contributed by atoms with Crippen molar-refractivity contribution in [1.29, 1.82) is 0 Å². The third kappa shape index (κ3) is 4.45. The van der Waals surface area contributed by atoms with E-state index < -0.39 is 18.1 Å². The predicted octanol–water partition coefficient (Wildman–Crippen LogP) is 3.04. The minimum absolute atomic E-state index is 0.0120. The van der Waals surface area contributed by atoms with Gasteiger partial charge in [-0.3, -0.25) is 4.79 Å². The summed E-state index contributed by atoms with van der Waals surface area (Å²) in [6.07, 6.45) is 1.18. The Morgan fingerprint density at radius 1 is 1.00 bits per heavy atom. The first-order valence-electron chi connectivity index (χ1n) is 10.2. The monoisotopic (exact) mass is 408 g/mol. The maximum atomic E-state index is 12.3. The molecule has 7 heteroatoms. The molecular weight excluding hydrogens is 384 g/mol. The van der Waals surface area contributed by atoms with Crippen molar-refractivity contribution in [3.8, 4) is 11.1 Å². The fourth-order valence-corrected chi connectivity index (χ4v) is 3.84.